The second-order valence-corrected chi connectivity index (χ2v) is 5.27. The van der Waals surface area contributed by atoms with Gasteiger partial charge in [-0.25, -0.2) is 0 Å². The van der Waals surface area contributed by atoms with E-state index in [2.05, 4.69) is 13.8 Å². The Hall–Kier alpha value is -0.0800. The van der Waals surface area contributed by atoms with Gasteiger partial charge in [0.2, 0.25) is 0 Å². The molecule has 110 valence electrons. The summed E-state index contributed by atoms with van der Waals surface area (Å²) < 4.78 is 5.72. The third-order valence-corrected chi connectivity index (χ3v) is 3.45. The molecular weight excluding hydrogens is 224 g/mol. The minimum Gasteiger partial charge on any atom is -0.394 e. The van der Waals surface area contributed by atoms with E-state index in [1.54, 1.807) is 0 Å². The predicted octanol–water partition coefficient (Wildman–Crippen LogP) is 4.69. The standard InChI is InChI=1S/C16H34O2/c1-3-5-7-8-9-11-13-16(18-15-14-17)12-10-6-4-2/h16-17H,3-15H2,1-2H3. The highest BCUT2D eigenvalue weighted by atomic mass is 16.5. The Morgan fingerprint density at radius 3 is 1.89 bits per heavy atom. The highest BCUT2D eigenvalue weighted by Gasteiger charge is 2.08. The van der Waals surface area contributed by atoms with Crippen molar-refractivity contribution >= 4 is 0 Å². The summed E-state index contributed by atoms with van der Waals surface area (Å²) in [6.07, 6.45) is 14.6. The van der Waals surface area contributed by atoms with E-state index < -0.39 is 0 Å². The Morgan fingerprint density at radius 2 is 1.28 bits per heavy atom. The average molecular weight is 258 g/mol. The van der Waals surface area contributed by atoms with Crippen molar-refractivity contribution in [1.82, 2.24) is 0 Å². The first-order valence-electron chi connectivity index (χ1n) is 8.07. The zero-order chi connectivity index (χ0) is 13.5. The number of ether oxygens (including phenoxy) is 1. The normalized spacial score (nSPS) is 12.8. The summed E-state index contributed by atoms with van der Waals surface area (Å²) in [7, 11) is 0. The number of unbranched alkanes of at least 4 members (excludes halogenated alkanes) is 7. The fourth-order valence-corrected chi connectivity index (χ4v) is 2.30. The quantitative estimate of drug-likeness (QED) is 0.458. The Labute approximate surface area is 114 Å². The Bertz CT molecular complexity index is 148. The summed E-state index contributed by atoms with van der Waals surface area (Å²) in [5.74, 6) is 0. The maximum Gasteiger partial charge on any atom is 0.0701 e. The third kappa shape index (κ3) is 12.4. The average Bonchev–Trinajstić information content (AvgIpc) is 2.39. The van der Waals surface area contributed by atoms with Crippen molar-refractivity contribution in [3.63, 3.8) is 0 Å². The van der Waals surface area contributed by atoms with Crippen LogP contribution in [0.4, 0.5) is 0 Å². The molecule has 0 rings (SSSR count). The van der Waals surface area contributed by atoms with Gasteiger partial charge in [0.15, 0.2) is 0 Å². The second kappa shape index (κ2) is 15.0. The smallest absolute Gasteiger partial charge is 0.0701 e. The number of aliphatic hydroxyl groups excluding tert-OH is 1. The highest BCUT2D eigenvalue weighted by molar-refractivity contribution is 4.59. The summed E-state index contributed by atoms with van der Waals surface area (Å²) >= 11 is 0. The first-order valence-corrected chi connectivity index (χ1v) is 8.07. The number of hydrogen-bond acceptors (Lipinski definition) is 2. The molecule has 0 saturated carbocycles. The predicted molar refractivity (Wildman–Crippen MR) is 79.0 cm³/mol. The molecule has 0 amide bonds. The zero-order valence-corrected chi connectivity index (χ0v) is 12.6. The molecule has 1 N–H and O–H groups in total. The summed E-state index contributed by atoms with van der Waals surface area (Å²) in [5.41, 5.74) is 0. The van der Waals surface area contributed by atoms with Gasteiger partial charge >= 0.3 is 0 Å². The summed E-state index contributed by atoms with van der Waals surface area (Å²) in [6, 6.07) is 0. The van der Waals surface area contributed by atoms with Crippen LogP contribution in [0.2, 0.25) is 0 Å². The molecule has 0 bridgehead atoms. The van der Waals surface area contributed by atoms with E-state index in [4.69, 9.17) is 9.84 Å². The van der Waals surface area contributed by atoms with Crippen molar-refractivity contribution in [2.24, 2.45) is 0 Å². The zero-order valence-electron chi connectivity index (χ0n) is 12.6. The van der Waals surface area contributed by atoms with Gasteiger partial charge in [0.05, 0.1) is 19.3 Å². The van der Waals surface area contributed by atoms with Gasteiger partial charge < -0.3 is 9.84 Å². The topological polar surface area (TPSA) is 29.5 Å². The molecule has 0 spiro atoms. The lowest BCUT2D eigenvalue weighted by Gasteiger charge is -2.17. The van der Waals surface area contributed by atoms with Gasteiger partial charge in [-0.1, -0.05) is 71.6 Å². The summed E-state index contributed by atoms with van der Waals surface area (Å²) in [5, 5.41) is 8.83. The third-order valence-electron chi connectivity index (χ3n) is 3.45. The van der Waals surface area contributed by atoms with Gasteiger partial charge in [-0.05, 0) is 12.8 Å². The lowest BCUT2D eigenvalue weighted by Crippen LogP contribution is -2.15. The van der Waals surface area contributed by atoms with Gasteiger partial charge in [-0.3, -0.25) is 0 Å². The molecule has 1 unspecified atom stereocenters. The van der Waals surface area contributed by atoms with Gasteiger partial charge in [-0.2, -0.15) is 0 Å². The van der Waals surface area contributed by atoms with Crippen molar-refractivity contribution in [1.29, 1.82) is 0 Å². The van der Waals surface area contributed by atoms with Crippen molar-refractivity contribution in [2.75, 3.05) is 13.2 Å². The van der Waals surface area contributed by atoms with E-state index in [0.29, 0.717) is 12.7 Å². The molecule has 0 radical (unpaired) electrons. The Kier molecular flexibility index (Phi) is 14.9. The molecule has 0 aliphatic heterocycles. The van der Waals surface area contributed by atoms with Crippen LogP contribution in [0, 0.1) is 0 Å². The number of aliphatic hydroxyl groups is 1. The summed E-state index contributed by atoms with van der Waals surface area (Å²) in [4.78, 5) is 0. The number of hydrogen-bond donors (Lipinski definition) is 1. The molecule has 0 saturated heterocycles. The molecular formula is C16H34O2. The number of rotatable bonds is 14. The van der Waals surface area contributed by atoms with E-state index >= 15 is 0 Å². The molecule has 0 aliphatic rings. The lowest BCUT2D eigenvalue weighted by atomic mass is 10.0. The van der Waals surface area contributed by atoms with Crippen LogP contribution in [-0.4, -0.2) is 24.4 Å². The lowest BCUT2D eigenvalue weighted by molar-refractivity contribution is 0.0168. The van der Waals surface area contributed by atoms with Gasteiger partial charge in [-0.15, -0.1) is 0 Å². The van der Waals surface area contributed by atoms with Crippen LogP contribution < -0.4 is 0 Å². The van der Waals surface area contributed by atoms with Gasteiger partial charge in [0.1, 0.15) is 0 Å². The maximum absolute atomic E-state index is 8.83. The molecule has 1 atom stereocenters. The van der Waals surface area contributed by atoms with E-state index in [1.165, 1.54) is 70.6 Å². The second-order valence-electron chi connectivity index (χ2n) is 5.27. The molecule has 0 aromatic carbocycles. The molecule has 18 heavy (non-hydrogen) atoms. The van der Waals surface area contributed by atoms with Crippen LogP contribution in [-0.2, 0) is 4.74 Å². The van der Waals surface area contributed by atoms with Crippen LogP contribution in [0.5, 0.6) is 0 Å². The van der Waals surface area contributed by atoms with Crippen molar-refractivity contribution in [3.8, 4) is 0 Å². The first kappa shape index (κ1) is 17.9. The molecule has 0 aromatic rings. The SMILES string of the molecule is CCCCCCCCC(CCCCC)OCCO. The monoisotopic (exact) mass is 258 g/mol. The van der Waals surface area contributed by atoms with Crippen LogP contribution in [0.3, 0.4) is 0 Å². The van der Waals surface area contributed by atoms with E-state index in [0.717, 1.165) is 0 Å². The van der Waals surface area contributed by atoms with Crippen molar-refractivity contribution in [2.45, 2.75) is 90.6 Å². The van der Waals surface area contributed by atoms with Gasteiger partial charge in [0, 0.05) is 0 Å². The van der Waals surface area contributed by atoms with Crippen LogP contribution in [0.15, 0.2) is 0 Å². The molecule has 0 heterocycles. The van der Waals surface area contributed by atoms with E-state index in [1.807, 2.05) is 0 Å². The van der Waals surface area contributed by atoms with Crippen molar-refractivity contribution < 1.29 is 9.84 Å². The minimum atomic E-state index is 0.154. The Balaban J connectivity index is 3.51. The largest absolute Gasteiger partial charge is 0.394 e. The fourth-order valence-electron chi connectivity index (χ4n) is 2.30. The van der Waals surface area contributed by atoms with Crippen LogP contribution in [0.1, 0.15) is 84.5 Å². The maximum atomic E-state index is 8.83. The van der Waals surface area contributed by atoms with Crippen LogP contribution >= 0.6 is 0 Å². The molecule has 0 aromatic heterocycles. The Morgan fingerprint density at radius 1 is 0.778 bits per heavy atom. The molecule has 0 fully saturated rings. The van der Waals surface area contributed by atoms with Crippen molar-refractivity contribution in [3.05, 3.63) is 0 Å². The van der Waals surface area contributed by atoms with E-state index in [9.17, 15) is 0 Å². The fraction of sp³-hybridized carbons (Fsp3) is 1.00. The summed E-state index contributed by atoms with van der Waals surface area (Å²) in [6.45, 7) is 5.15. The van der Waals surface area contributed by atoms with Crippen LogP contribution in [0.25, 0.3) is 0 Å². The van der Waals surface area contributed by atoms with E-state index in [-0.39, 0.29) is 6.61 Å². The van der Waals surface area contributed by atoms with Gasteiger partial charge in [0.25, 0.3) is 0 Å². The first-order chi connectivity index (χ1) is 8.85. The minimum absolute atomic E-state index is 0.154. The highest BCUT2D eigenvalue weighted by Crippen LogP contribution is 2.15. The molecule has 2 nitrogen and oxygen atoms in total. The molecule has 0 aliphatic carbocycles. The molecule has 2 heteroatoms.